The van der Waals surface area contributed by atoms with Gasteiger partial charge in [-0.05, 0) is 48.2 Å². The molecule has 8 heteroatoms. The molecule has 2 aromatic heterocycles. The van der Waals surface area contributed by atoms with Gasteiger partial charge in [-0.25, -0.2) is 5.43 Å². The van der Waals surface area contributed by atoms with Gasteiger partial charge in [-0.15, -0.1) is 11.3 Å². The van der Waals surface area contributed by atoms with Gasteiger partial charge in [0.1, 0.15) is 4.88 Å². The molecule has 1 N–H and O–H groups in total. The van der Waals surface area contributed by atoms with Gasteiger partial charge >= 0.3 is 6.18 Å². The fourth-order valence-corrected chi connectivity index (χ4v) is 3.12. The van der Waals surface area contributed by atoms with Gasteiger partial charge in [0.2, 0.25) is 0 Å². The summed E-state index contributed by atoms with van der Waals surface area (Å²) in [6.45, 7) is 1.54. The fourth-order valence-electron chi connectivity index (χ4n) is 2.34. The number of nitrogens with one attached hydrogen (secondary N) is 1. The maximum atomic E-state index is 12.8. The number of hydrogen-bond acceptors (Lipinski definition) is 3. The predicted octanol–water partition coefficient (Wildman–Crippen LogP) is 4.71. The molecule has 1 amide bonds. The number of hydrazone groups is 1. The van der Waals surface area contributed by atoms with Crippen LogP contribution in [0.4, 0.5) is 13.2 Å². The van der Waals surface area contributed by atoms with Crippen LogP contribution < -0.4 is 5.43 Å². The van der Waals surface area contributed by atoms with Gasteiger partial charge in [-0.1, -0.05) is 12.1 Å². The summed E-state index contributed by atoms with van der Waals surface area (Å²) in [4.78, 5) is 12.8. The summed E-state index contributed by atoms with van der Waals surface area (Å²) in [6, 6.07) is 10.3. The van der Waals surface area contributed by atoms with Crippen LogP contribution in [0.5, 0.6) is 0 Å². The van der Waals surface area contributed by atoms with Crippen molar-refractivity contribution < 1.29 is 18.0 Å². The van der Waals surface area contributed by atoms with Crippen LogP contribution in [0, 0.1) is 0 Å². The number of carbonyl (C=O) groups excluding carboxylic acids is 1. The second-order valence-electron chi connectivity index (χ2n) is 5.44. The first-order chi connectivity index (χ1) is 12.4. The molecule has 0 aliphatic carbocycles. The molecular weight excluding hydrogens is 363 g/mol. The number of benzene rings is 1. The van der Waals surface area contributed by atoms with Crippen molar-refractivity contribution in [3.63, 3.8) is 0 Å². The highest BCUT2D eigenvalue weighted by Gasteiger charge is 2.30. The summed E-state index contributed by atoms with van der Waals surface area (Å²) in [7, 11) is 0. The molecule has 3 rings (SSSR count). The van der Waals surface area contributed by atoms with Crippen LogP contribution in [0.1, 0.15) is 27.7 Å². The van der Waals surface area contributed by atoms with E-state index in [1.165, 1.54) is 30.4 Å². The van der Waals surface area contributed by atoms with Crippen molar-refractivity contribution in [1.82, 2.24) is 9.99 Å². The minimum atomic E-state index is -4.43. The zero-order valence-corrected chi connectivity index (χ0v) is 14.4. The molecule has 0 fully saturated rings. The smallest absolute Gasteiger partial charge is 0.322 e. The van der Waals surface area contributed by atoms with E-state index in [-0.39, 0.29) is 11.3 Å². The summed E-state index contributed by atoms with van der Waals surface area (Å²) in [5.74, 6) is -0.421. The zero-order valence-electron chi connectivity index (χ0n) is 13.6. The molecule has 1 aromatic carbocycles. The predicted molar refractivity (Wildman–Crippen MR) is 94.8 cm³/mol. The lowest BCUT2D eigenvalue weighted by Crippen LogP contribution is -2.19. The van der Waals surface area contributed by atoms with E-state index in [4.69, 9.17) is 0 Å². The number of rotatable bonds is 4. The van der Waals surface area contributed by atoms with E-state index in [1.807, 2.05) is 30.6 Å². The monoisotopic (exact) mass is 377 g/mol. The number of carbonyl (C=O) groups is 1. The summed E-state index contributed by atoms with van der Waals surface area (Å²) < 4.78 is 40.2. The third-order valence-corrected chi connectivity index (χ3v) is 4.57. The second kappa shape index (κ2) is 7.17. The van der Waals surface area contributed by atoms with E-state index in [9.17, 15) is 18.0 Å². The molecule has 0 radical (unpaired) electrons. The van der Waals surface area contributed by atoms with E-state index >= 15 is 0 Å². The van der Waals surface area contributed by atoms with E-state index < -0.39 is 17.6 Å². The van der Waals surface area contributed by atoms with Crippen LogP contribution in [0.15, 0.2) is 65.3 Å². The van der Waals surface area contributed by atoms with Gasteiger partial charge in [0, 0.05) is 12.4 Å². The zero-order chi connectivity index (χ0) is 18.7. The molecule has 0 unspecified atom stereocenters. The molecule has 0 aliphatic rings. The first kappa shape index (κ1) is 17.9. The number of hydrogen-bond donors (Lipinski definition) is 1. The Kier molecular flexibility index (Phi) is 4.94. The van der Waals surface area contributed by atoms with Crippen LogP contribution in [-0.2, 0) is 6.18 Å². The molecule has 134 valence electrons. The molecular formula is C18H14F3N3OS. The van der Waals surface area contributed by atoms with Crippen LogP contribution in [0.25, 0.3) is 5.69 Å². The van der Waals surface area contributed by atoms with Gasteiger partial charge in [-0.3, -0.25) is 4.79 Å². The number of thiophene rings is 1. The van der Waals surface area contributed by atoms with Gasteiger partial charge in [0.15, 0.2) is 0 Å². The first-order valence-corrected chi connectivity index (χ1v) is 8.47. The average molecular weight is 377 g/mol. The first-order valence-electron chi connectivity index (χ1n) is 7.59. The molecule has 0 atom stereocenters. The highest BCUT2D eigenvalue weighted by atomic mass is 32.1. The Balaban J connectivity index is 1.78. The molecule has 0 bridgehead atoms. The van der Waals surface area contributed by atoms with Gasteiger partial charge in [0.25, 0.3) is 5.91 Å². The van der Waals surface area contributed by atoms with Crippen molar-refractivity contribution >= 4 is 23.0 Å². The Morgan fingerprint density at radius 2 is 1.88 bits per heavy atom. The summed E-state index contributed by atoms with van der Waals surface area (Å²) >= 11 is 1.26. The Morgan fingerprint density at radius 3 is 2.58 bits per heavy atom. The Morgan fingerprint density at radius 1 is 1.15 bits per heavy atom. The van der Waals surface area contributed by atoms with E-state index in [0.717, 1.165) is 12.1 Å². The van der Waals surface area contributed by atoms with Crippen LogP contribution in [-0.4, -0.2) is 16.2 Å². The van der Waals surface area contributed by atoms with Crippen molar-refractivity contribution in [3.05, 3.63) is 76.2 Å². The SMILES string of the molecule is C/C(=N\NC(=O)c1sccc1-n1cccc1)c1cccc(C(F)(F)F)c1. The highest BCUT2D eigenvalue weighted by molar-refractivity contribution is 7.12. The maximum absolute atomic E-state index is 12.8. The maximum Gasteiger partial charge on any atom is 0.416 e. The number of aromatic nitrogens is 1. The number of amides is 1. The third-order valence-electron chi connectivity index (χ3n) is 3.67. The molecule has 0 saturated carbocycles. The molecule has 0 spiro atoms. The molecule has 0 aliphatic heterocycles. The van der Waals surface area contributed by atoms with E-state index in [0.29, 0.717) is 10.6 Å². The van der Waals surface area contributed by atoms with Gasteiger partial charge in [0.05, 0.1) is 17.0 Å². The molecule has 2 heterocycles. The lowest BCUT2D eigenvalue weighted by Gasteiger charge is -2.09. The topological polar surface area (TPSA) is 46.4 Å². The standard InChI is InChI=1S/C18H14F3N3OS/c1-12(13-5-4-6-14(11-13)18(19,20)21)22-23-17(25)16-15(7-10-26-16)24-8-2-3-9-24/h2-11H,1H3,(H,23,25)/b22-12+. The Hall–Kier alpha value is -2.87. The molecule has 0 saturated heterocycles. The van der Waals surface area contributed by atoms with Crippen molar-refractivity contribution in [2.75, 3.05) is 0 Å². The molecule has 4 nitrogen and oxygen atoms in total. The normalized spacial score (nSPS) is 12.2. The van der Waals surface area contributed by atoms with Crippen LogP contribution in [0.2, 0.25) is 0 Å². The van der Waals surface area contributed by atoms with E-state index in [1.54, 1.807) is 9.95 Å². The summed E-state index contributed by atoms with van der Waals surface area (Å²) in [6.07, 6.45) is -0.797. The minimum Gasteiger partial charge on any atom is -0.322 e. The van der Waals surface area contributed by atoms with Crippen LogP contribution in [0.3, 0.4) is 0 Å². The quantitative estimate of drug-likeness (QED) is 0.519. The number of halogens is 3. The van der Waals surface area contributed by atoms with Crippen LogP contribution >= 0.6 is 11.3 Å². The average Bonchev–Trinajstić information content (AvgIpc) is 3.29. The largest absolute Gasteiger partial charge is 0.416 e. The fraction of sp³-hybridized carbons (Fsp3) is 0.111. The number of alkyl halides is 3. The Bertz CT molecular complexity index is 943. The lowest BCUT2D eigenvalue weighted by atomic mass is 10.1. The van der Waals surface area contributed by atoms with Gasteiger partial charge in [-0.2, -0.15) is 18.3 Å². The van der Waals surface area contributed by atoms with Crippen molar-refractivity contribution in [2.24, 2.45) is 5.10 Å². The minimum absolute atomic E-state index is 0.281. The third kappa shape index (κ3) is 3.85. The van der Waals surface area contributed by atoms with Crippen molar-refractivity contribution in [1.29, 1.82) is 0 Å². The van der Waals surface area contributed by atoms with Crippen molar-refractivity contribution in [3.8, 4) is 5.69 Å². The second-order valence-corrected chi connectivity index (χ2v) is 6.36. The summed E-state index contributed by atoms with van der Waals surface area (Å²) in [5, 5.41) is 5.73. The molecule has 26 heavy (non-hydrogen) atoms. The van der Waals surface area contributed by atoms with Gasteiger partial charge < -0.3 is 4.57 Å². The van der Waals surface area contributed by atoms with Crippen molar-refractivity contribution in [2.45, 2.75) is 13.1 Å². The summed E-state index contributed by atoms with van der Waals surface area (Å²) in [5.41, 5.74) is 2.93. The van der Waals surface area contributed by atoms with E-state index in [2.05, 4.69) is 10.5 Å². The number of nitrogens with zero attached hydrogens (tertiary/aromatic N) is 2. The molecule has 3 aromatic rings. The highest BCUT2D eigenvalue weighted by Crippen LogP contribution is 2.29. The lowest BCUT2D eigenvalue weighted by molar-refractivity contribution is -0.137. The Labute approximate surface area is 151 Å².